The first-order valence-electron chi connectivity index (χ1n) is 15.5. The maximum atomic E-state index is 14.1. The number of piperazine rings is 1. The molecule has 3 aliphatic heterocycles. The van der Waals surface area contributed by atoms with Gasteiger partial charge in [0.1, 0.15) is 17.5 Å². The summed E-state index contributed by atoms with van der Waals surface area (Å²) in [4.78, 5) is 33.7. The zero-order valence-corrected chi connectivity index (χ0v) is 26.1. The molecule has 1 saturated carbocycles. The van der Waals surface area contributed by atoms with E-state index in [1.54, 1.807) is 9.80 Å². The average molecular weight is 644 g/mol. The van der Waals surface area contributed by atoms with Crippen LogP contribution in [0.3, 0.4) is 0 Å². The fourth-order valence-electron chi connectivity index (χ4n) is 7.46. The zero-order chi connectivity index (χ0) is 31.9. The van der Waals surface area contributed by atoms with Crippen molar-refractivity contribution in [2.45, 2.75) is 68.9 Å². The summed E-state index contributed by atoms with van der Waals surface area (Å²) in [5, 5.41) is -0.344. The normalized spacial score (nSPS) is 23.2. The first-order chi connectivity index (χ1) is 21.5. The molecular formula is C32H37ClF3N7O2. The Morgan fingerprint density at radius 2 is 2.00 bits per heavy atom. The number of nitrogens with zero attached hydrogens (tertiary/aromatic N) is 7. The van der Waals surface area contributed by atoms with Crippen molar-refractivity contribution in [2.24, 2.45) is 0 Å². The largest absolute Gasteiger partial charge is 0.455 e. The summed E-state index contributed by atoms with van der Waals surface area (Å²) in [5.41, 5.74) is 0.196. The molecule has 0 spiro atoms. The van der Waals surface area contributed by atoms with Crippen LogP contribution in [0.15, 0.2) is 30.9 Å². The highest BCUT2D eigenvalue weighted by Crippen LogP contribution is 2.45. The van der Waals surface area contributed by atoms with E-state index in [1.165, 1.54) is 24.3 Å². The molecule has 2 atom stereocenters. The summed E-state index contributed by atoms with van der Waals surface area (Å²) in [7, 11) is 2.11. The molecule has 3 fully saturated rings. The number of carbonyl (C=O) groups excluding carboxylic acids is 1. The smallest absolute Gasteiger partial charge is 0.419 e. The van der Waals surface area contributed by atoms with Crippen LogP contribution in [0.25, 0.3) is 4.85 Å². The van der Waals surface area contributed by atoms with Gasteiger partial charge in [0.25, 0.3) is 0 Å². The molecule has 1 unspecified atom stereocenters. The van der Waals surface area contributed by atoms with Crippen molar-refractivity contribution in [3.8, 4) is 6.01 Å². The molecule has 2 aromatic rings. The third-order valence-electron chi connectivity index (χ3n) is 9.80. The Morgan fingerprint density at radius 1 is 1.20 bits per heavy atom. The van der Waals surface area contributed by atoms with Crippen molar-refractivity contribution in [3.05, 3.63) is 64.1 Å². The van der Waals surface area contributed by atoms with E-state index in [9.17, 15) is 18.0 Å². The van der Waals surface area contributed by atoms with E-state index in [4.69, 9.17) is 32.9 Å². The van der Waals surface area contributed by atoms with Gasteiger partial charge >= 0.3 is 12.2 Å². The molecule has 0 bridgehead atoms. The quantitative estimate of drug-likeness (QED) is 0.302. The molecule has 4 aliphatic rings. The van der Waals surface area contributed by atoms with Crippen LogP contribution in [0.2, 0.25) is 5.02 Å². The van der Waals surface area contributed by atoms with Crippen molar-refractivity contribution in [1.82, 2.24) is 19.8 Å². The molecule has 1 aromatic heterocycles. The number of rotatable bonds is 7. The number of fused-ring (bicyclic) bond motifs is 1. The Labute approximate surface area is 266 Å². The fourth-order valence-corrected chi connectivity index (χ4v) is 7.74. The van der Waals surface area contributed by atoms with Gasteiger partial charge in [-0.1, -0.05) is 24.2 Å². The first kappa shape index (κ1) is 31.4. The highest BCUT2D eigenvalue weighted by molar-refractivity contribution is 6.31. The number of hydrogen-bond donors (Lipinski definition) is 0. The number of amides is 1. The first-order valence-corrected chi connectivity index (χ1v) is 15.8. The van der Waals surface area contributed by atoms with Gasteiger partial charge in [-0.15, -0.1) is 0 Å². The lowest BCUT2D eigenvalue weighted by Crippen LogP contribution is -2.57. The van der Waals surface area contributed by atoms with Gasteiger partial charge in [0.2, 0.25) is 12.5 Å². The molecule has 1 aromatic carbocycles. The third-order valence-corrected chi connectivity index (χ3v) is 10.1. The zero-order valence-electron chi connectivity index (χ0n) is 25.3. The SMILES string of the molecule is [C-]#[N+]C[C@H]1CN(c2nc(OC3(C4CCCN4C)CCC3)nc3c2CCN(c2cccc(Cl)c2C(F)(F)F)C3)CCN1C(=O)C=C. The van der Waals surface area contributed by atoms with Crippen molar-refractivity contribution >= 4 is 29.0 Å². The molecule has 6 rings (SSSR count). The van der Waals surface area contributed by atoms with E-state index in [1.807, 2.05) is 0 Å². The molecular weight excluding hydrogens is 607 g/mol. The van der Waals surface area contributed by atoms with E-state index < -0.39 is 17.3 Å². The molecule has 2 saturated heterocycles. The Bertz CT molecular complexity index is 1510. The molecule has 9 nitrogen and oxygen atoms in total. The lowest BCUT2D eigenvalue weighted by molar-refractivity contribution is -0.137. The van der Waals surface area contributed by atoms with Crippen LogP contribution >= 0.6 is 11.6 Å². The molecule has 45 heavy (non-hydrogen) atoms. The summed E-state index contributed by atoms with van der Waals surface area (Å²) < 4.78 is 49.1. The molecule has 240 valence electrons. The summed E-state index contributed by atoms with van der Waals surface area (Å²) >= 11 is 6.08. The monoisotopic (exact) mass is 643 g/mol. The lowest BCUT2D eigenvalue weighted by Gasteiger charge is -2.48. The molecule has 0 N–H and O–H groups in total. The van der Waals surface area contributed by atoms with Crippen molar-refractivity contribution in [3.63, 3.8) is 0 Å². The Balaban J connectivity index is 1.38. The number of halogens is 4. The summed E-state index contributed by atoms with van der Waals surface area (Å²) in [6.45, 7) is 13.9. The van der Waals surface area contributed by atoms with Gasteiger partial charge in [-0.05, 0) is 70.3 Å². The van der Waals surface area contributed by atoms with Crippen LogP contribution in [0.4, 0.5) is 24.7 Å². The number of likely N-dealkylation sites (tertiary alicyclic amines) is 1. The number of hydrogen-bond acceptors (Lipinski definition) is 7. The minimum Gasteiger partial charge on any atom is -0.455 e. The van der Waals surface area contributed by atoms with Gasteiger partial charge in [-0.2, -0.15) is 23.1 Å². The van der Waals surface area contributed by atoms with Crippen LogP contribution in [0, 0.1) is 6.57 Å². The van der Waals surface area contributed by atoms with Crippen LogP contribution in [-0.2, 0) is 23.9 Å². The molecule has 4 heterocycles. The number of likely N-dealkylation sites (N-methyl/N-ethyl adjacent to an activating group) is 1. The molecule has 0 radical (unpaired) electrons. The van der Waals surface area contributed by atoms with Crippen molar-refractivity contribution in [1.29, 1.82) is 0 Å². The second kappa shape index (κ2) is 12.3. The Hall–Kier alpha value is -3.56. The second-order valence-corrected chi connectivity index (χ2v) is 12.8. The van der Waals surface area contributed by atoms with E-state index in [0.29, 0.717) is 44.1 Å². The number of aromatic nitrogens is 2. The number of carbonyl (C=O) groups is 1. The van der Waals surface area contributed by atoms with E-state index in [2.05, 4.69) is 28.3 Å². The minimum absolute atomic E-state index is 0.0139. The number of ether oxygens (including phenoxy) is 1. The van der Waals surface area contributed by atoms with E-state index in [-0.39, 0.29) is 47.8 Å². The molecule has 13 heteroatoms. The standard InChI is InChI=1S/C32H37ClF3N7O2/c1-4-27(44)43-17-16-42(19-21(43)18-37-2)29-22-11-15-41(25-9-5-8-23(33)28(25)32(34,35)36)20-24(22)38-30(39-29)45-31(12-7-13-31)26-10-6-14-40(26)3/h4-5,8-9,21,26H,1,6-7,10-20H2,3H3/t21-,26?/m0/s1. The minimum atomic E-state index is -4.62. The Kier molecular flexibility index (Phi) is 8.61. The third kappa shape index (κ3) is 5.92. The van der Waals surface area contributed by atoms with Gasteiger partial charge in [0, 0.05) is 37.8 Å². The maximum absolute atomic E-state index is 14.1. The molecule has 1 aliphatic carbocycles. The predicted molar refractivity (Wildman–Crippen MR) is 165 cm³/mol. The lowest BCUT2D eigenvalue weighted by atomic mass is 9.73. The summed E-state index contributed by atoms with van der Waals surface area (Å²) in [6, 6.07) is 4.34. The van der Waals surface area contributed by atoms with E-state index >= 15 is 0 Å². The molecule has 1 amide bonds. The number of anilines is 2. The van der Waals surface area contributed by atoms with Gasteiger partial charge < -0.3 is 24.3 Å². The fraction of sp³-hybridized carbons (Fsp3) is 0.562. The van der Waals surface area contributed by atoms with Crippen LogP contribution < -0.4 is 14.5 Å². The summed E-state index contributed by atoms with van der Waals surface area (Å²) in [6.07, 6.45) is 1.98. The van der Waals surface area contributed by atoms with Gasteiger partial charge in [-0.25, -0.2) is 6.57 Å². The van der Waals surface area contributed by atoms with Gasteiger partial charge in [0.05, 0.1) is 28.5 Å². The van der Waals surface area contributed by atoms with Crippen LogP contribution in [0.5, 0.6) is 6.01 Å². The number of benzene rings is 1. The topological polar surface area (TPSA) is 69.4 Å². The maximum Gasteiger partial charge on any atom is 0.419 e. The Morgan fingerprint density at radius 3 is 2.64 bits per heavy atom. The highest BCUT2D eigenvalue weighted by atomic mass is 35.5. The second-order valence-electron chi connectivity index (χ2n) is 12.4. The van der Waals surface area contributed by atoms with Crippen LogP contribution in [-0.4, -0.2) is 89.7 Å². The summed E-state index contributed by atoms with van der Waals surface area (Å²) in [5.74, 6) is 0.439. The van der Waals surface area contributed by atoms with Crippen molar-refractivity contribution < 1.29 is 22.7 Å². The van der Waals surface area contributed by atoms with E-state index in [0.717, 1.165) is 44.2 Å². The highest BCUT2D eigenvalue weighted by Gasteiger charge is 2.50. The predicted octanol–water partition coefficient (Wildman–Crippen LogP) is 5.23. The van der Waals surface area contributed by atoms with Gasteiger partial charge in [-0.3, -0.25) is 9.69 Å². The van der Waals surface area contributed by atoms with Crippen molar-refractivity contribution in [2.75, 3.05) is 56.1 Å². The average Bonchev–Trinajstić information content (AvgIpc) is 3.43. The number of alkyl halides is 3. The van der Waals surface area contributed by atoms with Crippen LogP contribution in [0.1, 0.15) is 48.9 Å². The van der Waals surface area contributed by atoms with Gasteiger partial charge in [0.15, 0.2) is 0 Å².